The number of aromatic nitrogens is 3. The van der Waals surface area contributed by atoms with E-state index in [1.54, 1.807) is 10.8 Å². The highest BCUT2D eigenvalue weighted by molar-refractivity contribution is 5.73. The van der Waals surface area contributed by atoms with Crippen molar-refractivity contribution in [3.8, 4) is 0 Å². The average Bonchev–Trinajstić information content (AvgIpc) is 2.47. The quantitative estimate of drug-likeness (QED) is 0.541. The lowest BCUT2D eigenvalue weighted by Gasteiger charge is -2.19. The number of allylic oxidation sites excluding steroid dienone is 1. The number of nitrogens with zero attached hydrogens (tertiary/aromatic N) is 3. The molecule has 0 aliphatic rings. The number of carbonyl (C=O) groups is 1. The van der Waals surface area contributed by atoms with Crippen LogP contribution < -0.4 is 0 Å². The van der Waals surface area contributed by atoms with Crippen LogP contribution in [0.2, 0.25) is 0 Å². The van der Waals surface area contributed by atoms with Crippen LogP contribution in [0.5, 0.6) is 0 Å². The molecule has 0 unspecified atom stereocenters. The second-order valence-electron chi connectivity index (χ2n) is 4.16. The molecule has 0 spiro atoms. The molecule has 4 nitrogen and oxygen atoms in total. The Morgan fingerprint density at radius 3 is 2.57 bits per heavy atom. The average molecular weight is 193 g/mol. The lowest BCUT2D eigenvalue weighted by atomic mass is 9.90. The zero-order chi connectivity index (χ0) is 10.8. The van der Waals surface area contributed by atoms with Crippen LogP contribution in [0.4, 0.5) is 0 Å². The minimum absolute atomic E-state index is 0.136. The number of rotatable bonds is 3. The third-order valence-electron chi connectivity index (χ3n) is 1.89. The van der Waals surface area contributed by atoms with E-state index in [4.69, 9.17) is 0 Å². The molecule has 0 atom stereocenters. The van der Waals surface area contributed by atoms with Crippen LogP contribution in [-0.2, 0) is 12.0 Å². The molecule has 0 bridgehead atoms. The van der Waals surface area contributed by atoms with Gasteiger partial charge in [0.25, 0.3) is 0 Å². The Morgan fingerprint density at radius 1 is 1.50 bits per heavy atom. The molecule has 0 saturated heterocycles. The van der Waals surface area contributed by atoms with Crippen LogP contribution in [0.1, 0.15) is 37.0 Å². The van der Waals surface area contributed by atoms with Crippen molar-refractivity contribution < 1.29 is 4.79 Å². The first-order chi connectivity index (χ1) is 6.50. The Hall–Kier alpha value is -1.45. The summed E-state index contributed by atoms with van der Waals surface area (Å²) in [6, 6.07) is 0. The minimum atomic E-state index is -0.136. The molecular formula is C10H15N3O. The Balaban J connectivity index is 3.25. The standard InChI is InChI=1S/C10H15N3O/c1-5-6-13-9(10(2,3)4)8(7-14)11-12-13/h5,7H,1,6H2,2-4H3. The van der Waals surface area contributed by atoms with Crippen molar-refractivity contribution in [2.45, 2.75) is 32.7 Å². The highest BCUT2D eigenvalue weighted by Crippen LogP contribution is 2.23. The number of carbonyl (C=O) groups excluding carboxylic acids is 1. The maximum absolute atomic E-state index is 10.7. The fourth-order valence-corrected chi connectivity index (χ4v) is 1.43. The topological polar surface area (TPSA) is 47.8 Å². The summed E-state index contributed by atoms with van der Waals surface area (Å²) in [6.45, 7) is 10.3. The van der Waals surface area contributed by atoms with E-state index in [0.29, 0.717) is 12.2 Å². The van der Waals surface area contributed by atoms with Crippen LogP contribution in [0.15, 0.2) is 12.7 Å². The summed E-state index contributed by atoms with van der Waals surface area (Å²) in [5.41, 5.74) is 1.13. The van der Waals surface area contributed by atoms with E-state index in [1.807, 2.05) is 20.8 Å². The van der Waals surface area contributed by atoms with Crippen LogP contribution in [0, 0.1) is 0 Å². The molecule has 0 aliphatic heterocycles. The molecule has 0 fully saturated rings. The largest absolute Gasteiger partial charge is 0.296 e. The van der Waals surface area contributed by atoms with Crippen molar-refractivity contribution in [1.29, 1.82) is 0 Å². The summed E-state index contributed by atoms with van der Waals surface area (Å²) < 4.78 is 1.71. The highest BCUT2D eigenvalue weighted by Gasteiger charge is 2.24. The van der Waals surface area contributed by atoms with Crippen LogP contribution in [0.25, 0.3) is 0 Å². The van der Waals surface area contributed by atoms with Gasteiger partial charge < -0.3 is 0 Å². The second-order valence-corrected chi connectivity index (χ2v) is 4.16. The zero-order valence-electron chi connectivity index (χ0n) is 8.82. The zero-order valence-corrected chi connectivity index (χ0v) is 8.82. The maximum atomic E-state index is 10.7. The Morgan fingerprint density at radius 2 is 2.14 bits per heavy atom. The summed E-state index contributed by atoms with van der Waals surface area (Å²) >= 11 is 0. The Bertz CT molecular complexity index is 347. The molecule has 0 aromatic carbocycles. The molecular weight excluding hydrogens is 178 g/mol. The van der Waals surface area contributed by atoms with Crippen molar-refractivity contribution >= 4 is 6.29 Å². The molecule has 4 heteroatoms. The minimum Gasteiger partial charge on any atom is -0.296 e. The van der Waals surface area contributed by atoms with E-state index in [1.165, 1.54) is 0 Å². The lowest BCUT2D eigenvalue weighted by molar-refractivity contribution is 0.111. The molecule has 1 aromatic rings. The van der Waals surface area contributed by atoms with E-state index < -0.39 is 0 Å². The third kappa shape index (κ3) is 1.89. The summed E-state index contributed by atoms with van der Waals surface area (Å²) in [5.74, 6) is 0. The van der Waals surface area contributed by atoms with Gasteiger partial charge in [0.15, 0.2) is 6.29 Å². The van der Waals surface area contributed by atoms with Gasteiger partial charge in [-0.1, -0.05) is 32.1 Å². The fraction of sp³-hybridized carbons (Fsp3) is 0.500. The molecule has 0 aliphatic carbocycles. The summed E-state index contributed by atoms with van der Waals surface area (Å²) in [5, 5.41) is 7.72. The maximum Gasteiger partial charge on any atom is 0.172 e. The van der Waals surface area contributed by atoms with Crippen molar-refractivity contribution in [3.05, 3.63) is 24.0 Å². The monoisotopic (exact) mass is 193 g/mol. The van der Waals surface area contributed by atoms with E-state index in [9.17, 15) is 4.79 Å². The summed E-state index contributed by atoms with van der Waals surface area (Å²) in [6.07, 6.45) is 2.48. The van der Waals surface area contributed by atoms with Gasteiger partial charge in [-0.15, -0.1) is 11.7 Å². The summed E-state index contributed by atoms with van der Waals surface area (Å²) in [4.78, 5) is 10.7. The number of hydrogen-bond acceptors (Lipinski definition) is 3. The van der Waals surface area contributed by atoms with E-state index in [2.05, 4.69) is 16.9 Å². The Kier molecular flexibility index (Phi) is 2.84. The van der Waals surface area contributed by atoms with Crippen molar-refractivity contribution in [2.75, 3.05) is 0 Å². The third-order valence-corrected chi connectivity index (χ3v) is 1.89. The number of hydrogen-bond donors (Lipinski definition) is 0. The lowest BCUT2D eigenvalue weighted by Crippen LogP contribution is -2.20. The normalized spacial score (nSPS) is 11.4. The van der Waals surface area contributed by atoms with Gasteiger partial charge in [0, 0.05) is 5.41 Å². The molecule has 0 N–H and O–H groups in total. The molecule has 0 radical (unpaired) electrons. The molecule has 1 aromatic heterocycles. The van der Waals surface area contributed by atoms with Crippen molar-refractivity contribution in [2.24, 2.45) is 0 Å². The van der Waals surface area contributed by atoms with Crippen molar-refractivity contribution in [3.63, 3.8) is 0 Å². The predicted octanol–water partition coefficient (Wildman–Crippen LogP) is 1.57. The van der Waals surface area contributed by atoms with E-state index in [0.717, 1.165) is 12.0 Å². The SMILES string of the molecule is C=CCn1nnc(C=O)c1C(C)(C)C. The molecule has 1 heterocycles. The van der Waals surface area contributed by atoms with Gasteiger partial charge in [0.05, 0.1) is 12.2 Å². The first-order valence-electron chi connectivity index (χ1n) is 4.50. The molecule has 1 rings (SSSR count). The van der Waals surface area contributed by atoms with Crippen LogP contribution in [0.3, 0.4) is 0 Å². The van der Waals surface area contributed by atoms with E-state index in [-0.39, 0.29) is 5.41 Å². The van der Waals surface area contributed by atoms with E-state index >= 15 is 0 Å². The van der Waals surface area contributed by atoms with Crippen molar-refractivity contribution in [1.82, 2.24) is 15.0 Å². The van der Waals surface area contributed by atoms with Gasteiger partial charge in [0.2, 0.25) is 0 Å². The van der Waals surface area contributed by atoms with Gasteiger partial charge in [0.1, 0.15) is 5.69 Å². The summed E-state index contributed by atoms with van der Waals surface area (Å²) in [7, 11) is 0. The molecule has 14 heavy (non-hydrogen) atoms. The smallest absolute Gasteiger partial charge is 0.172 e. The molecule has 0 saturated carbocycles. The highest BCUT2D eigenvalue weighted by atomic mass is 16.1. The van der Waals surface area contributed by atoms with Crippen LogP contribution >= 0.6 is 0 Å². The Labute approximate surface area is 83.6 Å². The van der Waals surface area contributed by atoms with Crippen LogP contribution in [-0.4, -0.2) is 21.3 Å². The first-order valence-corrected chi connectivity index (χ1v) is 4.50. The predicted molar refractivity (Wildman–Crippen MR) is 54.3 cm³/mol. The van der Waals surface area contributed by atoms with Gasteiger partial charge >= 0.3 is 0 Å². The molecule has 76 valence electrons. The first kappa shape index (κ1) is 10.6. The number of aldehydes is 1. The van der Waals surface area contributed by atoms with Gasteiger partial charge in [-0.05, 0) is 0 Å². The van der Waals surface area contributed by atoms with Gasteiger partial charge in [-0.25, -0.2) is 4.68 Å². The fourth-order valence-electron chi connectivity index (χ4n) is 1.43. The van der Waals surface area contributed by atoms with Gasteiger partial charge in [-0.3, -0.25) is 4.79 Å². The van der Waals surface area contributed by atoms with Gasteiger partial charge in [-0.2, -0.15) is 0 Å². The molecule has 0 amide bonds. The second kappa shape index (κ2) is 3.74.